The van der Waals surface area contributed by atoms with Gasteiger partial charge in [0, 0.05) is 44.7 Å². The molecule has 0 spiro atoms. The summed E-state index contributed by atoms with van der Waals surface area (Å²) in [7, 11) is 0. The molecule has 1 aliphatic carbocycles. The highest BCUT2D eigenvalue weighted by Crippen LogP contribution is 2.24. The Morgan fingerprint density at radius 1 is 1.23 bits per heavy atom. The molecule has 5 nitrogen and oxygen atoms in total. The predicted molar refractivity (Wildman–Crippen MR) is 88.8 cm³/mol. The Kier molecular flexibility index (Phi) is 7.63. The summed E-state index contributed by atoms with van der Waals surface area (Å²) in [5, 5.41) is 12.5. The molecule has 0 radical (unpaired) electrons. The quantitative estimate of drug-likeness (QED) is 0.659. The van der Waals surface area contributed by atoms with Gasteiger partial charge in [-0.2, -0.15) is 0 Å². The van der Waals surface area contributed by atoms with Gasteiger partial charge in [-0.05, 0) is 32.2 Å². The summed E-state index contributed by atoms with van der Waals surface area (Å²) in [6.45, 7) is 8.53. The number of nitrogens with one attached hydrogen (secondary N) is 1. The van der Waals surface area contributed by atoms with Gasteiger partial charge in [-0.3, -0.25) is 9.69 Å². The topological polar surface area (TPSA) is 55.8 Å². The fourth-order valence-corrected chi connectivity index (χ4v) is 3.70. The van der Waals surface area contributed by atoms with Crippen molar-refractivity contribution in [2.75, 3.05) is 45.9 Å². The smallest absolute Gasteiger partial charge is 0.223 e. The van der Waals surface area contributed by atoms with Crippen molar-refractivity contribution >= 4 is 5.91 Å². The Labute approximate surface area is 135 Å². The van der Waals surface area contributed by atoms with E-state index < -0.39 is 0 Å². The van der Waals surface area contributed by atoms with Crippen LogP contribution in [0.4, 0.5) is 0 Å². The number of hydrogen-bond acceptors (Lipinski definition) is 4. The second-order valence-electron chi connectivity index (χ2n) is 6.75. The molecule has 0 bridgehead atoms. The van der Waals surface area contributed by atoms with Gasteiger partial charge in [0.2, 0.25) is 5.91 Å². The molecular weight excluding hydrogens is 278 g/mol. The van der Waals surface area contributed by atoms with Gasteiger partial charge in [0.05, 0.1) is 6.61 Å². The summed E-state index contributed by atoms with van der Waals surface area (Å²) in [4.78, 5) is 16.8. The Morgan fingerprint density at radius 3 is 2.50 bits per heavy atom. The lowest BCUT2D eigenvalue weighted by Crippen LogP contribution is -2.51. The minimum absolute atomic E-state index is 0.268. The molecule has 1 saturated heterocycles. The average Bonchev–Trinajstić information content (AvgIpc) is 3.08. The van der Waals surface area contributed by atoms with E-state index in [-0.39, 0.29) is 18.4 Å². The zero-order valence-electron chi connectivity index (χ0n) is 14.1. The Balaban J connectivity index is 1.54. The Hall–Kier alpha value is -0.650. The summed E-state index contributed by atoms with van der Waals surface area (Å²) < 4.78 is 0. The van der Waals surface area contributed by atoms with Crippen LogP contribution in [0.25, 0.3) is 0 Å². The maximum atomic E-state index is 11.9. The zero-order chi connectivity index (χ0) is 15.8. The minimum Gasteiger partial charge on any atom is -0.395 e. The Morgan fingerprint density at radius 2 is 1.91 bits per heavy atom. The number of aliphatic hydroxyl groups is 1. The van der Waals surface area contributed by atoms with Crippen molar-refractivity contribution in [3.63, 3.8) is 0 Å². The zero-order valence-corrected chi connectivity index (χ0v) is 14.1. The van der Waals surface area contributed by atoms with Crippen LogP contribution in [0.3, 0.4) is 0 Å². The first-order valence-electron chi connectivity index (χ1n) is 9.09. The molecule has 128 valence electrons. The Bertz CT molecular complexity index is 320. The van der Waals surface area contributed by atoms with E-state index in [1.165, 1.54) is 12.8 Å². The number of amides is 1. The molecule has 1 amide bonds. The molecule has 2 aliphatic rings. The van der Waals surface area contributed by atoms with Gasteiger partial charge in [-0.15, -0.1) is 0 Å². The number of aliphatic hydroxyl groups excluding tert-OH is 1. The van der Waals surface area contributed by atoms with Crippen LogP contribution in [0.5, 0.6) is 0 Å². The number of hydrogen-bond donors (Lipinski definition) is 2. The fourth-order valence-electron chi connectivity index (χ4n) is 3.70. The summed E-state index contributed by atoms with van der Waals surface area (Å²) in [6, 6.07) is 0.327. The van der Waals surface area contributed by atoms with E-state index in [0.717, 1.165) is 65.0 Å². The second-order valence-corrected chi connectivity index (χ2v) is 6.75. The molecule has 1 unspecified atom stereocenters. The molecule has 0 aromatic carbocycles. The van der Waals surface area contributed by atoms with Crippen LogP contribution in [0.2, 0.25) is 0 Å². The molecule has 1 heterocycles. The molecule has 2 N–H and O–H groups in total. The van der Waals surface area contributed by atoms with Crippen LogP contribution in [0.1, 0.15) is 45.4 Å². The van der Waals surface area contributed by atoms with Crippen molar-refractivity contribution in [2.45, 2.75) is 51.5 Å². The van der Waals surface area contributed by atoms with Gasteiger partial charge in [0.1, 0.15) is 0 Å². The minimum atomic E-state index is 0.268. The molecule has 5 heteroatoms. The van der Waals surface area contributed by atoms with Crippen LogP contribution in [0.15, 0.2) is 0 Å². The molecule has 1 atom stereocenters. The van der Waals surface area contributed by atoms with Crippen LogP contribution < -0.4 is 5.32 Å². The predicted octanol–water partition coefficient (Wildman–Crippen LogP) is 1.07. The van der Waals surface area contributed by atoms with Crippen molar-refractivity contribution in [1.82, 2.24) is 15.1 Å². The molecule has 1 aliphatic heterocycles. The highest BCUT2D eigenvalue weighted by atomic mass is 16.3. The van der Waals surface area contributed by atoms with Gasteiger partial charge in [0.15, 0.2) is 0 Å². The van der Waals surface area contributed by atoms with Crippen molar-refractivity contribution in [3.05, 3.63) is 0 Å². The van der Waals surface area contributed by atoms with E-state index >= 15 is 0 Å². The molecule has 22 heavy (non-hydrogen) atoms. The monoisotopic (exact) mass is 311 g/mol. The highest BCUT2D eigenvalue weighted by Gasteiger charge is 2.23. The maximum absolute atomic E-state index is 11.9. The van der Waals surface area contributed by atoms with Gasteiger partial charge < -0.3 is 15.3 Å². The van der Waals surface area contributed by atoms with E-state index in [2.05, 4.69) is 22.0 Å². The first kappa shape index (κ1) is 17.7. The van der Waals surface area contributed by atoms with E-state index in [9.17, 15) is 9.90 Å². The third-order valence-corrected chi connectivity index (χ3v) is 5.28. The maximum Gasteiger partial charge on any atom is 0.223 e. The van der Waals surface area contributed by atoms with Gasteiger partial charge in [-0.1, -0.05) is 19.8 Å². The molecule has 1 saturated carbocycles. The summed E-state index contributed by atoms with van der Waals surface area (Å²) in [5.74, 6) is 0.559. The number of rotatable bonds is 8. The SMILES string of the molecule is CCC(CO)N1CCN(CCCNC(=O)C2CCCC2)CC1. The molecule has 2 fully saturated rings. The average molecular weight is 311 g/mol. The third kappa shape index (κ3) is 5.21. The van der Waals surface area contributed by atoms with E-state index in [1.54, 1.807) is 0 Å². The summed E-state index contributed by atoms with van der Waals surface area (Å²) in [5.41, 5.74) is 0. The number of carbonyl (C=O) groups is 1. The fraction of sp³-hybridized carbons (Fsp3) is 0.941. The van der Waals surface area contributed by atoms with Crippen molar-refractivity contribution in [3.8, 4) is 0 Å². The number of carbonyl (C=O) groups excluding carboxylic acids is 1. The van der Waals surface area contributed by atoms with Gasteiger partial charge >= 0.3 is 0 Å². The molecule has 0 aromatic rings. The molecular formula is C17H33N3O2. The van der Waals surface area contributed by atoms with Crippen LogP contribution in [-0.4, -0.2) is 72.7 Å². The molecule has 0 aromatic heterocycles. The van der Waals surface area contributed by atoms with E-state index in [1.807, 2.05) is 0 Å². The first-order valence-corrected chi connectivity index (χ1v) is 9.09. The van der Waals surface area contributed by atoms with Crippen molar-refractivity contribution in [2.24, 2.45) is 5.92 Å². The van der Waals surface area contributed by atoms with E-state index in [4.69, 9.17) is 0 Å². The number of nitrogens with zero attached hydrogens (tertiary/aromatic N) is 2. The van der Waals surface area contributed by atoms with Crippen LogP contribution in [-0.2, 0) is 4.79 Å². The van der Waals surface area contributed by atoms with E-state index in [0.29, 0.717) is 6.04 Å². The first-order chi connectivity index (χ1) is 10.7. The largest absolute Gasteiger partial charge is 0.395 e. The van der Waals surface area contributed by atoms with Crippen LogP contribution >= 0.6 is 0 Å². The van der Waals surface area contributed by atoms with Crippen LogP contribution in [0, 0.1) is 5.92 Å². The van der Waals surface area contributed by atoms with Gasteiger partial charge in [-0.25, -0.2) is 0 Å². The lowest BCUT2D eigenvalue weighted by molar-refractivity contribution is -0.124. The lowest BCUT2D eigenvalue weighted by Gasteiger charge is -2.38. The third-order valence-electron chi connectivity index (χ3n) is 5.28. The highest BCUT2D eigenvalue weighted by molar-refractivity contribution is 5.78. The number of piperazine rings is 1. The lowest BCUT2D eigenvalue weighted by atomic mass is 10.1. The second kappa shape index (κ2) is 9.48. The summed E-state index contributed by atoms with van der Waals surface area (Å²) in [6.07, 6.45) is 6.65. The van der Waals surface area contributed by atoms with Gasteiger partial charge in [0.25, 0.3) is 0 Å². The summed E-state index contributed by atoms with van der Waals surface area (Å²) >= 11 is 0. The van der Waals surface area contributed by atoms with Crippen molar-refractivity contribution in [1.29, 1.82) is 0 Å². The standard InChI is InChI=1S/C17H33N3O2/c1-2-16(14-21)20-12-10-19(11-13-20)9-5-8-18-17(22)15-6-3-4-7-15/h15-16,21H,2-14H2,1H3,(H,18,22). The molecule has 2 rings (SSSR count). The van der Waals surface area contributed by atoms with Crippen molar-refractivity contribution < 1.29 is 9.90 Å². The normalized spacial score (nSPS) is 22.8.